The first-order valence-electron chi connectivity index (χ1n) is 7.53. The van der Waals surface area contributed by atoms with Crippen molar-refractivity contribution in [3.8, 4) is 11.5 Å². The maximum absolute atomic E-state index is 12.8. The summed E-state index contributed by atoms with van der Waals surface area (Å²) in [6.07, 6.45) is 0. The van der Waals surface area contributed by atoms with Crippen LogP contribution in [0.1, 0.15) is 44.8 Å². The van der Waals surface area contributed by atoms with Crippen molar-refractivity contribution >= 4 is 22.5 Å². The molecule has 122 valence electrons. The Bertz CT molecular complexity index is 967. The summed E-state index contributed by atoms with van der Waals surface area (Å²) in [6.45, 7) is 5.20. The molecule has 1 aromatic carbocycles. The van der Waals surface area contributed by atoms with Crippen LogP contribution in [0.2, 0.25) is 0 Å². The molecule has 2 aromatic heterocycles. The van der Waals surface area contributed by atoms with Gasteiger partial charge in [0.15, 0.2) is 23.0 Å². The van der Waals surface area contributed by atoms with Crippen LogP contribution in [0.4, 0.5) is 0 Å². The van der Waals surface area contributed by atoms with Crippen LogP contribution < -0.4 is 9.47 Å². The van der Waals surface area contributed by atoms with Crippen molar-refractivity contribution in [2.45, 2.75) is 20.8 Å². The third-order valence-electron chi connectivity index (χ3n) is 4.25. The molecule has 0 spiro atoms. The standard InChI is InChI=1S/C18H15NO5/c1-8-16(10(3)20)9(2)19-17(8)18(21)15-5-11-4-13-14(23-7-22-13)6-12(11)24-15/h4-6,19H,7H2,1-3H3. The Balaban J connectivity index is 1.79. The van der Waals surface area contributed by atoms with Crippen molar-refractivity contribution in [3.63, 3.8) is 0 Å². The molecule has 1 aliphatic heterocycles. The number of ketones is 2. The minimum Gasteiger partial charge on any atom is -0.454 e. The first-order chi connectivity index (χ1) is 11.5. The number of carbonyl (C=O) groups is 2. The lowest BCUT2D eigenvalue weighted by molar-refractivity contribution is 0.100. The van der Waals surface area contributed by atoms with E-state index in [1.54, 1.807) is 32.0 Å². The highest BCUT2D eigenvalue weighted by atomic mass is 16.7. The fourth-order valence-corrected chi connectivity index (χ4v) is 3.17. The molecule has 3 heterocycles. The highest BCUT2D eigenvalue weighted by Gasteiger charge is 2.24. The number of Topliss-reactive ketones (excluding diaryl/α,β-unsaturated/α-hetero) is 1. The zero-order valence-corrected chi connectivity index (χ0v) is 13.5. The molecular weight excluding hydrogens is 310 g/mol. The minimum atomic E-state index is -0.290. The Labute approximate surface area is 137 Å². The molecule has 1 N–H and O–H groups in total. The monoisotopic (exact) mass is 325 g/mol. The Morgan fingerprint density at radius 1 is 1.08 bits per heavy atom. The van der Waals surface area contributed by atoms with E-state index in [0.717, 1.165) is 5.39 Å². The van der Waals surface area contributed by atoms with Crippen LogP contribution in [0.25, 0.3) is 11.0 Å². The molecule has 0 saturated carbocycles. The zero-order valence-electron chi connectivity index (χ0n) is 13.5. The quantitative estimate of drug-likeness (QED) is 0.745. The summed E-state index contributed by atoms with van der Waals surface area (Å²) in [5.41, 5.74) is 2.79. The lowest BCUT2D eigenvalue weighted by Gasteiger charge is -1.97. The van der Waals surface area contributed by atoms with Gasteiger partial charge >= 0.3 is 0 Å². The Morgan fingerprint density at radius 2 is 1.79 bits per heavy atom. The van der Waals surface area contributed by atoms with Crippen molar-refractivity contribution in [3.05, 3.63) is 46.5 Å². The molecule has 6 nitrogen and oxygen atoms in total. The average Bonchev–Trinajstić information content (AvgIpc) is 3.20. The summed E-state index contributed by atoms with van der Waals surface area (Å²) in [5, 5.41) is 0.760. The number of ether oxygens (including phenoxy) is 2. The third-order valence-corrected chi connectivity index (χ3v) is 4.25. The van der Waals surface area contributed by atoms with Crippen LogP contribution >= 0.6 is 0 Å². The molecule has 0 bridgehead atoms. The van der Waals surface area contributed by atoms with Crippen LogP contribution in [0, 0.1) is 13.8 Å². The van der Waals surface area contributed by atoms with E-state index in [1.165, 1.54) is 6.92 Å². The van der Waals surface area contributed by atoms with E-state index < -0.39 is 0 Å². The SMILES string of the molecule is CC(=O)c1c(C)[nH]c(C(=O)c2cc3cc4c(cc3o2)OCO4)c1C. The summed E-state index contributed by atoms with van der Waals surface area (Å²) in [6, 6.07) is 5.16. The number of benzene rings is 1. The van der Waals surface area contributed by atoms with Gasteiger partial charge in [0, 0.05) is 22.7 Å². The van der Waals surface area contributed by atoms with Crippen LogP contribution in [-0.2, 0) is 0 Å². The maximum atomic E-state index is 12.8. The number of furan rings is 1. The second kappa shape index (κ2) is 4.99. The lowest BCUT2D eigenvalue weighted by Crippen LogP contribution is -2.03. The van der Waals surface area contributed by atoms with E-state index in [-0.39, 0.29) is 24.1 Å². The summed E-state index contributed by atoms with van der Waals surface area (Å²) >= 11 is 0. The van der Waals surface area contributed by atoms with Gasteiger partial charge in [0.25, 0.3) is 0 Å². The molecule has 6 heteroatoms. The number of aromatic nitrogens is 1. The fourth-order valence-electron chi connectivity index (χ4n) is 3.17. The van der Waals surface area contributed by atoms with Gasteiger partial charge in [-0.25, -0.2) is 0 Å². The van der Waals surface area contributed by atoms with E-state index in [4.69, 9.17) is 13.9 Å². The number of hydrogen-bond donors (Lipinski definition) is 1. The second-order valence-electron chi connectivity index (χ2n) is 5.86. The Kier molecular flexibility index (Phi) is 3.03. The predicted octanol–water partition coefficient (Wildman–Crippen LogP) is 3.54. The van der Waals surface area contributed by atoms with E-state index in [0.29, 0.717) is 39.6 Å². The summed E-state index contributed by atoms with van der Waals surface area (Å²) in [5.74, 6) is 1.07. The zero-order chi connectivity index (χ0) is 17.0. The van der Waals surface area contributed by atoms with Gasteiger partial charge in [0.2, 0.25) is 12.6 Å². The lowest BCUT2D eigenvalue weighted by atomic mass is 10.0. The normalized spacial score (nSPS) is 12.8. The predicted molar refractivity (Wildman–Crippen MR) is 86.0 cm³/mol. The fraction of sp³-hybridized carbons (Fsp3) is 0.222. The van der Waals surface area contributed by atoms with Gasteiger partial charge in [-0.05, 0) is 38.5 Å². The molecule has 0 saturated heterocycles. The first kappa shape index (κ1) is 14.6. The number of fused-ring (bicyclic) bond motifs is 2. The summed E-state index contributed by atoms with van der Waals surface area (Å²) in [4.78, 5) is 27.5. The number of rotatable bonds is 3. The van der Waals surface area contributed by atoms with E-state index in [2.05, 4.69) is 4.98 Å². The van der Waals surface area contributed by atoms with Crippen molar-refractivity contribution < 1.29 is 23.5 Å². The average molecular weight is 325 g/mol. The highest BCUT2D eigenvalue weighted by molar-refractivity contribution is 6.11. The van der Waals surface area contributed by atoms with Gasteiger partial charge in [0.05, 0.1) is 5.69 Å². The molecule has 1 aliphatic rings. The van der Waals surface area contributed by atoms with Crippen LogP contribution in [0.5, 0.6) is 11.5 Å². The number of aryl methyl sites for hydroxylation is 1. The van der Waals surface area contributed by atoms with Gasteiger partial charge in [-0.1, -0.05) is 0 Å². The Morgan fingerprint density at radius 3 is 2.46 bits per heavy atom. The van der Waals surface area contributed by atoms with Crippen LogP contribution in [0.3, 0.4) is 0 Å². The molecule has 3 aromatic rings. The van der Waals surface area contributed by atoms with Gasteiger partial charge in [-0.2, -0.15) is 0 Å². The third kappa shape index (κ3) is 2.03. The largest absolute Gasteiger partial charge is 0.454 e. The number of H-pyrrole nitrogens is 1. The van der Waals surface area contributed by atoms with E-state index in [1.807, 2.05) is 0 Å². The van der Waals surface area contributed by atoms with Crippen molar-refractivity contribution in [2.24, 2.45) is 0 Å². The Hall–Kier alpha value is -3.02. The molecule has 0 fully saturated rings. The molecule has 4 rings (SSSR count). The summed E-state index contributed by atoms with van der Waals surface area (Å²) < 4.78 is 16.3. The van der Waals surface area contributed by atoms with Gasteiger partial charge < -0.3 is 18.9 Å². The summed E-state index contributed by atoms with van der Waals surface area (Å²) in [7, 11) is 0. The van der Waals surface area contributed by atoms with Crippen molar-refractivity contribution in [1.82, 2.24) is 4.98 Å². The molecule has 24 heavy (non-hydrogen) atoms. The molecule has 0 amide bonds. The van der Waals surface area contributed by atoms with Gasteiger partial charge in [-0.15, -0.1) is 0 Å². The highest BCUT2D eigenvalue weighted by Crippen LogP contribution is 2.37. The number of hydrogen-bond acceptors (Lipinski definition) is 5. The second-order valence-corrected chi connectivity index (χ2v) is 5.86. The molecule has 0 radical (unpaired) electrons. The molecule has 0 unspecified atom stereocenters. The topological polar surface area (TPSA) is 81.5 Å². The molecule has 0 atom stereocenters. The van der Waals surface area contributed by atoms with E-state index in [9.17, 15) is 9.59 Å². The van der Waals surface area contributed by atoms with Gasteiger partial charge in [0.1, 0.15) is 5.58 Å². The molecule has 0 aliphatic carbocycles. The van der Waals surface area contributed by atoms with E-state index >= 15 is 0 Å². The van der Waals surface area contributed by atoms with Crippen molar-refractivity contribution in [2.75, 3.05) is 6.79 Å². The number of aromatic amines is 1. The smallest absolute Gasteiger partial charge is 0.244 e. The number of carbonyl (C=O) groups excluding carboxylic acids is 2. The molecular formula is C18H15NO5. The van der Waals surface area contributed by atoms with Crippen molar-refractivity contribution in [1.29, 1.82) is 0 Å². The first-order valence-corrected chi connectivity index (χ1v) is 7.53. The van der Waals surface area contributed by atoms with Crippen LogP contribution in [0.15, 0.2) is 22.6 Å². The number of nitrogens with one attached hydrogen (secondary N) is 1. The van der Waals surface area contributed by atoms with Gasteiger partial charge in [-0.3, -0.25) is 9.59 Å². The maximum Gasteiger partial charge on any atom is 0.244 e. The van der Waals surface area contributed by atoms with Crippen LogP contribution in [-0.4, -0.2) is 23.3 Å². The minimum absolute atomic E-state index is 0.0735.